The number of halogens is 2. The summed E-state index contributed by atoms with van der Waals surface area (Å²) in [4.78, 5) is 40.3. The number of hydrogen-bond donors (Lipinski definition) is 0. The van der Waals surface area contributed by atoms with Crippen LogP contribution in [0.1, 0.15) is 24.0 Å². The molecule has 0 bridgehead atoms. The molecule has 2 aromatic rings. The fraction of sp³-hybridized carbons (Fsp3) is 0.261. The Bertz CT molecular complexity index is 1100. The topological polar surface area (TPSA) is 66.9 Å². The van der Waals surface area contributed by atoms with Gasteiger partial charge >= 0.3 is 0 Å². The lowest BCUT2D eigenvalue weighted by Gasteiger charge is -2.18. The highest BCUT2D eigenvalue weighted by Crippen LogP contribution is 2.34. The van der Waals surface area contributed by atoms with Crippen LogP contribution in [0.4, 0.5) is 4.79 Å². The van der Waals surface area contributed by atoms with Gasteiger partial charge in [-0.05, 0) is 54.4 Å². The molecule has 166 valence electrons. The minimum Gasteiger partial charge on any atom is -0.487 e. The average Bonchev–Trinajstić information content (AvgIpc) is 3.39. The van der Waals surface area contributed by atoms with E-state index in [0.717, 1.165) is 35.1 Å². The maximum Gasteiger partial charge on any atom is 0.294 e. The number of hydrogen-bond acceptors (Lipinski definition) is 5. The number of likely N-dealkylation sites (tertiary alicyclic amines) is 1. The van der Waals surface area contributed by atoms with Crippen molar-refractivity contribution < 1.29 is 19.1 Å². The molecule has 9 heteroatoms. The van der Waals surface area contributed by atoms with E-state index in [0.29, 0.717) is 34.4 Å². The Hall–Kier alpha value is -2.48. The van der Waals surface area contributed by atoms with Crippen molar-refractivity contribution in [3.8, 4) is 5.75 Å². The van der Waals surface area contributed by atoms with Crippen LogP contribution in [0.2, 0.25) is 10.0 Å². The van der Waals surface area contributed by atoms with Gasteiger partial charge in [-0.25, -0.2) is 0 Å². The molecule has 0 atom stereocenters. The Kier molecular flexibility index (Phi) is 7.08. The molecular formula is C23H20Cl2N2O4S. The number of carbonyl (C=O) groups is 3. The van der Waals surface area contributed by atoms with E-state index < -0.39 is 11.1 Å². The van der Waals surface area contributed by atoms with E-state index >= 15 is 0 Å². The molecule has 2 saturated heterocycles. The van der Waals surface area contributed by atoms with E-state index in [1.807, 2.05) is 18.2 Å². The van der Waals surface area contributed by atoms with E-state index in [4.69, 9.17) is 27.9 Å². The number of rotatable bonds is 6. The largest absolute Gasteiger partial charge is 0.487 e. The summed E-state index contributed by atoms with van der Waals surface area (Å²) in [6.07, 6.45) is 3.49. The van der Waals surface area contributed by atoms with Gasteiger partial charge in [0.15, 0.2) is 0 Å². The lowest BCUT2D eigenvalue weighted by molar-refractivity contribution is -0.135. The van der Waals surface area contributed by atoms with E-state index in [-0.39, 0.29) is 24.0 Å². The van der Waals surface area contributed by atoms with Crippen LogP contribution >= 0.6 is 35.0 Å². The van der Waals surface area contributed by atoms with Crippen LogP contribution in [-0.2, 0) is 16.2 Å². The van der Waals surface area contributed by atoms with Gasteiger partial charge in [0.25, 0.3) is 11.1 Å². The van der Waals surface area contributed by atoms with Gasteiger partial charge in [0.2, 0.25) is 5.91 Å². The standard InChI is InChI=1S/C23H20Cl2N2O4S/c24-17-6-2-1-5-16(17)14-31-19-8-7-15(11-18(19)25)12-20-22(29)27(23(30)32-20)13-21(28)26-9-3-4-10-26/h1-2,5-8,11-12H,3-4,9-10,13-14H2/b20-12-. The van der Waals surface area contributed by atoms with Crippen LogP contribution in [0, 0.1) is 0 Å². The lowest BCUT2D eigenvalue weighted by atomic mass is 10.2. The van der Waals surface area contributed by atoms with Gasteiger partial charge in [0, 0.05) is 23.7 Å². The quantitative estimate of drug-likeness (QED) is 0.518. The summed E-state index contributed by atoms with van der Waals surface area (Å²) < 4.78 is 5.76. The zero-order valence-electron chi connectivity index (χ0n) is 17.1. The number of thioether (sulfide) groups is 1. The number of carbonyl (C=O) groups excluding carboxylic acids is 3. The second-order valence-electron chi connectivity index (χ2n) is 7.43. The highest BCUT2D eigenvalue weighted by Gasteiger charge is 2.37. The van der Waals surface area contributed by atoms with Crippen LogP contribution < -0.4 is 4.74 Å². The molecule has 0 radical (unpaired) electrons. The zero-order valence-corrected chi connectivity index (χ0v) is 19.4. The summed E-state index contributed by atoms with van der Waals surface area (Å²) in [6.45, 7) is 1.39. The van der Waals surface area contributed by atoms with Gasteiger partial charge in [-0.1, -0.05) is 47.5 Å². The van der Waals surface area contributed by atoms with Gasteiger partial charge in [-0.2, -0.15) is 0 Å². The average molecular weight is 491 g/mol. The number of ether oxygens (including phenoxy) is 1. The second kappa shape index (κ2) is 9.98. The van der Waals surface area contributed by atoms with Crippen LogP contribution in [0.25, 0.3) is 6.08 Å². The number of benzene rings is 2. The lowest BCUT2D eigenvalue weighted by Crippen LogP contribution is -2.40. The molecule has 0 spiro atoms. The molecule has 0 N–H and O–H groups in total. The summed E-state index contributed by atoms with van der Waals surface area (Å²) in [5, 5.41) is 0.535. The van der Waals surface area contributed by atoms with Crippen LogP contribution in [0.3, 0.4) is 0 Å². The fourth-order valence-corrected chi connectivity index (χ4v) is 4.76. The Morgan fingerprint density at radius 3 is 2.53 bits per heavy atom. The molecule has 2 aliphatic heterocycles. The molecule has 2 aliphatic rings. The molecule has 32 heavy (non-hydrogen) atoms. The predicted molar refractivity (Wildman–Crippen MR) is 126 cm³/mol. The first-order valence-corrected chi connectivity index (χ1v) is 11.7. The summed E-state index contributed by atoms with van der Waals surface area (Å²) in [5.74, 6) is -0.190. The first-order chi connectivity index (χ1) is 15.4. The third kappa shape index (κ3) is 5.11. The van der Waals surface area contributed by atoms with Gasteiger partial charge in [0.1, 0.15) is 18.9 Å². The van der Waals surface area contributed by atoms with Crippen molar-refractivity contribution >= 4 is 58.1 Å². The maximum atomic E-state index is 12.7. The third-order valence-electron chi connectivity index (χ3n) is 5.22. The van der Waals surface area contributed by atoms with Crippen molar-refractivity contribution in [1.82, 2.24) is 9.80 Å². The summed E-state index contributed by atoms with van der Waals surface area (Å²) in [5.41, 5.74) is 1.49. The van der Waals surface area contributed by atoms with Crippen LogP contribution in [-0.4, -0.2) is 46.5 Å². The van der Waals surface area contributed by atoms with E-state index in [1.165, 1.54) is 0 Å². The van der Waals surface area contributed by atoms with Crippen molar-refractivity contribution in [3.05, 3.63) is 68.5 Å². The summed E-state index contributed by atoms with van der Waals surface area (Å²) in [6, 6.07) is 12.5. The Morgan fingerprint density at radius 1 is 1.06 bits per heavy atom. The number of nitrogens with zero attached hydrogens (tertiary/aromatic N) is 2. The van der Waals surface area contributed by atoms with Crippen LogP contribution in [0.5, 0.6) is 5.75 Å². The van der Waals surface area contributed by atoms with Gasteiger partial charge in [-0.3, -0.25) is 19.3 Å². The fourth-order valence-electron chi connectivity index (χ4n) is 3.48. The predicted octanol–water partition coefficient (Wildman–Crippen LogP) is 5.23. The minimum absolute atomic E-state index is 0.200. The highest BCUT2D eigenvalue weighted by molar-refractivity contribution is 8.18. The van der Waals surface area contributed by atoms with Gasteiger partial charge in [0.05, 0.1) is 9.93 Å². The van der Waals surface area contributed by atoms with Gasteiger partial charge in [-0.15, -0.1) is 0 Å². The molecule has 0 saturated carbocycles. The Labute approximate surface area is 200 Å². The Balaban J connectivity index is 1.42. The van der Waals surface area contributed by atoms with Crippen molar-refractivity contribution in [2.75, 3.05) is 19.6 Å². The summed E-state index contributed by atoms with van der Waals surface area (Å²) in [7, 11) is 0. The highest BCUT2D eigenvalue weighted by atomic mass is 35.5. The first-order valence-electron chi connectivity index (χ1n) is 10.1. The molecule has 3 amide bonds. The Morgan fingerprint density at radius 2 is 1.81 bits per heavy atom. The third-order valence-corrected chi connectivity index (χ3v) is 6.79. The normalized spacial score (nSPS) is 17.5. The van der Waals surface area contributed by atoms with E-state index in [1.54, 1.807) is 35.2 Å². The number of amides is 3. The van der Waals surface area contributed by atoms with Crippen molar-refractivity contribution in [2.45, 2.75) is 19.4 Å². The van der Waals surface area contributed by atoms with Crippen molar-refractivity contribution in [1.29, 1.82) is 0 Å². The second-order valence-corrected chi connectivity index (χ2v) is 9.23. The molecule has 2 fully saturated rings. The molecule has 0 aromatic heterocycles. The monoisotopic (exact) mass is 490 g/mol. The van der Waals surface area contributed by atoms with Crippen molar-refractivity contribution in [3.63, 3.8) is 0 Å². The molecule has 4 rings (SSSR count). The van der Waals surface area contributed by atoms with Crippen LogP contribution in [0.15, 0.2) is 47.4 Å². The SMILES string of the molecule is O=C(CN1C(=O)S/C(=C\c2ccc(OCc3ccccc3Cl)c(Cl)c2)C1=O)N1CCCC1. The molecule has 2 heterocycles. The minimum atomic E-state index is -0.470. The number of imide groups is 1. The molecule has 0 unspecified atom stereocenters. The maximum absolute atomic E-state index is 12.7. The van der Waals surface area contributed by atoms with Gasteiger partial charge < -0.3 is 9.64 Å². The molecular weight excluding hydrogens is 471 g/mol. The molecule has 2 aromatic carbocycles. The molecule has 6 nitrogen and oxygen atoms in total. The molecule has 0 aliphatic carbocycles. The van der Waals surface area contributed by atoms with Crippen molar-refractivity contribution in [2.24, 2.45) is 0 Å². The van der Waals surface area contributed by atoms with E-state index in [9.17, 15) is 14.4 Å². The van der Waals surface area contributed by atoms with E-state index in [2.05, 4.69) is 0 Å². The zero-order chi connectivity index (χ0) is 22.7. The smallest absolute Gasteiger partial charge is 0.294 e. The summed E-state index contributed by atoms with van der Waals surface area (Å²) >= 11 is 13.3. The first kappa shape index (κ1) is 22.7.